The van der Waals surface area contributed by atoms with Gasteiger partial charge in [-0.15, -0.1) is 0 Å². The minimum Gasteiger partial charge on any atom is -0.479 e. The second-order valence-corrected chi connectivity index (χ2v) is 8.20. The molecular formula is C21H18Cl2N2O8. The molecule has 174 valence electrons. The molecule has 12 heteroatoms. The summed E-state index contributed by atoms with van der Waals surface area (Å²) in [6.45, 7) is 0. The highest BCUT2D eigenvalue weighted by Crippen LogP contribution is 2.31. The summed E-state index contributed by atoms with van der Waals surface area (Å²) < 4.78 is 10.6. The van der Waals surface area contributed by atoms with E-state index in [1.165, 1.54) is 0 Å². The lowest BCUT2D eigenvalue weighted by Crippen LogP contribution is -2.61. The number of carboxylic acid groups (broad SMARTS) is 1. The number of nitrogens with zero attached hydrogens (tertiary/aromatic N) is 1. The predicted molar refractivity (Wildman–Crippen MR) is 116 cm³/mol. The third-order valence-corrected chi connectivity index (χ3v) is 5.73. The van der Waals surface area contributed by atoms with Gasteiger partial charge in [0.25, 0.3) is 5.91 Å². The Hall–Kier alpha value is -2.57. The molecule has 5 N–H and O–H groups in total. The van der Waals surface area contributed by atoms with Crippen LogP contribution < -0.4 is 5.32 Å². The topological polar surface area (TPSA) is 158 Å². The molecule has 6 unspecified atom stereocenters. The number of anilines is 1. The standard InChI is InChI=1S/C21H18Cl2N2O8/c22-8-5-6-12-10(7-8)13(9-3-1-2-4-11(9)23)25-19(18(29)24-12)33-21-16(28)14(26)15(27)17(32-21)20(30)31/h1-7,14-17,19,21,26-28H,(H,24,29)(H,30,31). The van der Waals surface area contributed by atoms with Crippen molar-refractivity contribution in [3.05, 3.63) is 63.6 Å². The van der Waals surface area contributed by atoms with Gasteiger partial charge in [-0.25, -0.2) is 9.79 Å². The summed E-state index contributed by atoms with van der Waals surface area (Å²) in [6, 6.07) is 11.4. The highest BCUT2D eigenvalue weighted by molar-refractivity contribution is 6.36. The largest absolute Gasteiger partial charge is 0.479 e. The zero-order chi connectivity index (χ0) is 23.9. The van der Waals surface area contributed by atoms with E-state index in [1.54, 1.807) is 42.5 Å². The summed E-state index contributed by atoms with van der Waals surface area (Å²) in [5.41, 5.74) is 1.50. The number of nitrogens with one attached hydrogen (secondary N) is 1. The van der Waals surface area contributed by atoms with Crippen molar-refractivity contribution in [2.24, 2.45) is 4.99 Å². The number of fused-ring (bicyclic) bond motifs is 1. The van der Waals surface area contributed by atoms with Gasteiger partial charge in [-0.1, -0.05) is 41.4 Å². The van der Waals surface area contributed by atoms with Gasteiger partial charge in [-0.2, -0.15) is 0 Å². The number of aliphatic carboxylic acids is 1. The van der Waals surface area contributed by atoms with Crippen LogP contribution >= 0.6 is 23.2 Å². The number of carbonyl (C=O) groups is 2. The fraction of sp³-hybridized carbons (Fsp3) is 0.286. The number of ether oxygens (including phenoxy) is 2. The quantitative estimate of drug-likeness (QED) is 0.419. The lowest BCUT2D eigenvalue weighted by molar-refractivity contribution is -0.300. The summed E-state index contributed by atoms with van der Waals surface area (Å²) in [6.07, 6.45) is -11.0. The molecule has 0 spiro atoms. The number of benzodiazepines with no additional fused rings is 1. The third kappa shape index (κ3) is 4.59. The van der Waals surface area contributed by atoms with Crippen molar-refractivity contribution < 1.29 is 39.5 Å². The van der Waals surface area contributed by atoms with Gasteiger partial charge in [0, 0.05) is 21.2 Å². The van der Waals surface area contributed by atoms with Gasteiger partial charge in [-0.05, 0) is 24.3 Å². The molecule has 33 heavy (non-hydrogen) atoms. The van der Waals surface area contributed by atoms with E-state index >= 15 is 0 Å². The molecular weight excluding hydrogens is 479 g/mol. The van der Waals surface area contributed by atoms with Crippen LogP contribution in [-0.2, 0) is 19.1 Å². The molecule has 2 aliphatic rings. The average molecular weight is 497 g/mol. The number of hydrogen-bond donors (Lipinski definition) is 5. The van der Waals surface area contributed by atoms with Crippen LogP contribution in [0.5, 0.6) is 0 Å². The van der Waals surface area contributed by atoms with Gasteiger partial charge >= 0.3 is 5.97 Å². The summed E-state index contributed by atoms with van der Waals surface area (Å²) in [5, 5.41) is 42.7. The van der Waals surface area contributed by atoms with E-state index in [0.29, 0.717) is 26.9 Å². The maximum Gasteiger partial charge on any atom is 0.335 e. The number of aliphatic hydroxyl groups is 3. The van der Waals surface area contributed by atoms with Crippen LogP contribution in [0, 0.1) is 0 Å². The molecule has 2 aliphatic heterocycles. The van der Waals surface area contributed by atoms with Crippen LogP contribution in [0.25, 0.3) is 0 Å². The lowest BCUT2D eigenvalue weighted by Gasteiger charge is -2.39. The van der Waals surface area contributed by atoms with E-state index < -0.39 is 48.8 Å². The molecule has 4 rings (SSSR count). The minimum atomic E-state index is -1.91. The molecule has 1 amide bonds. The van der Waals surface area contributed by atoms with Crippen LogP contribution in [0.3, 0.4) is 0 Å². The number of halogens is 2. The smallest absolute Gasteiger partial charge is 0.335 e. The number of aliphatic hydroxyl groups excluding tert-OH is 3. The van der Waals surface area contributed by atoms with E-state index in [-0.39, 0.29) is 5.71 Å². The van der Waals surface area contributed by atoms with Crippen LogP contribution in [0.2, 0.25) is 10.0 Å². The fourth-order valence-electron chi connectivity index (χ4n) is 3.51. The molecule has 6 atom stereocenters. The van der Waals surface area contributed by atoms with Crippen LogP contribution in [-0.4, -0.2) is 74.9 Å². The van der Waals surface area contributed by atoms with Crippen molar-refractivity contribution in [3.63, 3.8) is 0 Å². The first-order valence-electron chi connectivity index (χ1n) is 9.69. The number of aliphatic imine (C=N–C) groups is 1. The lowest BCUT2D eigenvalue weighted by atomic mass is 9.99. The molecule has 2 aromatic carbocycles. The van der Waals surface area contributed by atoms with E-state index in [4.69, 9.17) is 32.7 Å². The van der Waals surface area contributed by atoms with Crippen molar-refractivity contribution >= 4 is 46.5 Å². The van der Waals surface area contributed by atoms with Gasteiger partial charge in [-0.3, -0.25) is 4.79 Å². The normalized spacial score (nSPS) is 29.5. The van der Waals surface area contributed by atoms with E-state index in [9.17, 15) is 30.0 Å². The second kappa shape index (κ2) is 9.35. The van der Waals surface area contributed by atoms with Crippen molar-refractivity contribution in [2.45, 2.75) is 36.9 Å². The molecule has 0 aliphatic carbocycles. The third-order valence-electron chi connectivity index (χ3n) is 5.17. The van der Waals surface area contributed by atoms with Gasteiger partial charge < -0.3 is 35.2 Å². The molecule has 0 bridgehead atoms. The summed E-state index contributed by atoms with van der Waals surface area (Å²) in [4.78, 5) is 28.6. The highest BCUT2D eigenvalue weighted by Gasteiger charge is 2.48. The van der Waals surface area contributed by atoms with Crippen LogP contribution in [0.15, 0.2) is 47.5 Å². The number of carbonyl (C=O) groups excluding carboxylic acids is 1. The van der Waals surface area contributed by atoms with Gasteiger partial charge in [0.05, 0.1) is 11.4 Å². The highest BCUT2D eigenvalue weighted by atomic mass is 35.5. The minimum absolute atomic E-state index is 0.238. The molecule has 10 nitrogen and oxygen atoms in total. The van der Waals surface area contributed by atoms with Gasteiger partial charge in [0.2, 0.25) is 6.23 Å². The Kier molecular flexibility index (Phi) is 6.68. The number of rotatable bonds is 4. The van der Waals surface area contributed by atoms with Gasteiger partial charge in [0.1, 0.15) is 18.3 Å². The maximum absolute atomic E-state index is 12.9. The summed E-state index contributed by atoms with van der Waals surface area (Å²) >= 11 is 12.5. The van der Waals surface area contributed by atoms with Crippen molar-refractivity contribution in [3.8, 4) is 0 Å². The summed E-state index contributed by atoms with van der Waals surface area (Å²) in [7, 11) is 0. The fourth-order valence-corrected chi connectivity index (χ4v) is 3.91. The Balaban J connectivity index is 1.75. The first-order valence-corrected chi connectivity index (χ1v) is 10.4. The predicted octanol–water partition coefficient (Wildman–Crippen LogP) is 1.02. The van der Waals surface area contributed by atoms with Crippen molar-refractivity contribution in [2.75, 3.05) is 5.32 Å². The number of carboxylic acids is 1. The van der Waals surface area contributed by atoms with Crippen LogP contribution in [0.4, 0.5) is 5.69 Å². The first-order chi connectivity index (χ1) is 15.7. The molecule has 2 aromatic rings. The average Bonchev–Trinajstić information content (AvgIpc) is 2.90. The number of benzene rings is 2. The van der Waals surface area contributed by atoms with E-state index in [0.717, 1.165) is 0 Å². The van der Waals surface area contributed by atoms with E-state index in [1.807, 2.05) is 0 Å². The monoisotopic (exact) mass is 496 g/mol. The zero-order valence-electron chi connectivity index (χ0n) is 16.6. The van der Waals surface area contributed by atoms with E-state index in [2.05, 4.69) is 10.3 Å². The molecule has 0 saturated carbocycles. The van der Waals surface area contributed by atoms with Crippen molar-refractivity contribution in [1.29, 1.82) is 0 Å². The molecule has 2 heterocycles. The first kappa shape index (κ1) is 23.6. The van der Waals surface area contributed by atoms with Crippen molar-refractivity contribution in [1.82, 2.24) is 0 Å². The Labute approximate surface area is 197 Å². The number of hydrogen-bond acceptors (Lipinski definition) is 8. The molecule has 1 fully saturated rings. The SMILES string of the molecule is O=C1Nc2ccc(Cl)cc2C(c2ccccc2Cl)=NC1OC1OC(C(=O)O)C(O)C(O)C1O. The molecule has 1 saturated heterocycles. The second-order valence-electron chi connectivity index (χ2n) is 7.36. The van der Waals surface area contributed by atoms with Gasteiger partial charge in [0.15, 0.2) is 12.4 Å². The molecule has 0 radical (unpaired) electrons. The Morgan fingerprint density at radius 2 is 1.76 bits per heavy atom. The summed E-state index contributed by atoms with van der Waals surface area (Å²) in [5.74, 6) is -2.35. The number of amides is 1. The zero-order valence-corrected chi connectivity index (χ0v) is 18.1. The van der Waals surface area contributed by atoms with Crippen LogP contribution in [0.1, 0.15) is 11.1 Å². The molecule has 0 aromatic heterocycles. The maximum atomic E-state index is 12.9. The Bertz CT molecular complexity index is 1130. The Morgan fingerprint density at radius 1 is 1.03 bits per heavy atom. The Morgan fingerprint density at radius 3 is 2.45 bits per heavy atom.